The van der Waals surface area contributed by atoms with E-state index in [-0.39, 0.29) is 0 Å². The van der Waals surface area contributed by atoms with E-state index in [9.17, 15) is 4.39 Å². The maximum absolute atomic E-state index is 12.4. The van der Waals surface area contributed by atoms with E-state index in [2.05, 4.69) is 36.8 Å². The predicted octanol–water partition coefficient (Wildman–Crippen LogP) is 2.75. The van der Waals surface area contributed by atoms with Gasteiger partial charge in [-0.05, 0) is 44.0 Å². The summed E-state index contributed by atoms with van der Waals surface area (Å²) in [5, 5.41) is 0. The molecule has 0 saturated heterocycles. The molecular weight excluding hydrogens is 253 g/mol. The fraction of sp³-hybridized carbons (Fsp3) is 0. The zero-order valence-electron chi connectivity index (χ0n) is 4.24. The largest absolute Gasteiger partial charge is 0.228 e. The molecule has 0 N–H and O–H groups in total. The van der Waals surface area contributed by atoms with Crippen molar-refractivity contribution in [1.29, 1.82) is 0 Å². The molecule has 1 heterocycles. The van der Waals surface area contributed by atoms with Crippen LogP contribution in [-0.2, 0) is 0 Å². The fourth-order valence-corrected chi connectivity index (χ4v) is 0.904. The van der Waals surface area contributed by atoms with Crippen molar-refractivity contribution in [2.45, 2.75) is 0 Å². The van der Waals surface area contributed by atoms with Crippen LogP contribution in [0.1, 0.15) is 0 Å². The topological polar surface area (TPSA) is 12.9 Å². The maximum atomic E-state index is 12.4. The number of aromatic nitrogens is 1. The summed E-state index contributed by atoms with van der Waals surface area (Å²) in [6, 6.07) is 3.25. The summed E-state index contributed by atoms with van der Waals surface area (Å²) in [4.78, 5) is 3.48. The molecule has 0 bridgehead atoms. The molecule has 0 saturated carbocycles. The Kier molecular flexibility index (Phi) is 2.18. The molecule has 0 spiro atoms. The lowest BCUT2D eigenvalue weighted by molar-refractivity contribution is 0.574. The first kappa shape index (κ1) is 7.15. The van der Waals surface area contributed by atoms with Crippen LogP contribution in [-0.4, -0.2) is 4.98 Å². The van der Waals surface area contributed by atoms with Gasteiger partial charge in [-0.2, -0.15) is 4.39 Å². The first-order valence-electron chi connectivity index (χ1n) is 2.17. The molecule has 9 heavy (non-hydrogen) atoms. The van der Waals surface area contributed by atoms with Crippen molar-refractivity contribution >= 4 is 31.9 Å². The van der Waals surface area contributed by atoms with E-state index in [0.717, 1.165) is 0 Å². The SMILES string of the molecule is Fc1nc(Br)ccc1Br. The molecule has 1 aromatic heterocycles. The van der Waals surface area contributed by atoms with Gasteiger partial charge in [-0.1, -0.05) is 0 Å². The van der Waals surface area contributed by atoms with Crippen LogP contribution in [0.3, 0.4) is 0 Å². The van der Waals surface area contributed by atoms with Crippen molar-refractivity contribution in [3.05, 3.63) is 27.2 Å². The summed E-state index contributed by atoms with van der Waals surface area (Å²) in [7, 11) is 0. The Balaban J connectivity index is 3.17. The number of hydrogen-bond donors (Lipinski definition) is 0. The summed E-state index contributed by atoms with van der Waals surface area (Å²) in [5.41, 5.74) is 0. The van der Waals surface area contributed by atoms with Crippen LogP contribution in [0.15, 0.2) is 21.2 Å². The molecule has 1 rings (SSSR count). The minimum Gasteiger partial charge on any atom is -0.212 e. The predicted molar refractivity (Wildman–Crippen MR) is 39.6 cm³/mol. The van der Waals surface area contributed by atoms with Crippen molar-refractivity contribution in [2.24, 2.45) is 0 Å². The third kappa shape index (κ3) is 1.72. The number of pyridine rings is 1. The molecular formula is C5H2Br2FN. The highest BCUT2D eigenvalue weighted by Gasteiger charge is 1.97. The van der Waals surface area contributed by atoms with E-state index < -0.39 is 5.95 Å². The molecule has 0 unspecified atom stereocenters. The third-order valence-corrected chi connectivity index (χ3v) is 1.80. The summed E-state index contributed by atoms with van der Waals surface area (Å²) >= 11 is 6.00. The van der Waals surface area contributed by atoms with E-state index in [4.69, 9.17) is 0 Å². The van der Waals surface area contributed by atoms with Gasteiger partial charge in [0.1, 0.15) is 4.60 Å². The van der Waals surface area contributed by atoms with Gasteiger partial charge in [0.2, 0.25) is 5.95 Å². The van der Waals surface area contributed by atoms with Crippen LogP contribution in [0.2, 0.25) is 0 Å². The zero-order valence-corrected chi connectivity index (χ0v) is 7.41. The average molecular weight is 255 g/mol. The van der Waals surface area contributed by atoms with Crippen LogP contribution >= 0.6 is 31.9 Å². The van der Waals surface area contributed by atoms with Crippen LogP contribution in [0.25, 0.3) is 0 Å². The van der Waals surface area contributed by atoms with E-state index in [1.165, 1.54) is 0 Å². The molecule has 0 fully saturated rings. The molecule has 0 amide bonds. The summed E-state index contributed by atoms with van der Waals surface area (Å²) in [6.45, 7) is 0. The van der Waals surface area contributed by atoms with E-state index >= 15 is 0 Å². The molecule has 48 valence electrons. The van der Waals surface area contributed by atoms with Gasteiger partial charge in [0.15, 0.2) is 0 Å². The lowest BCUT2D eigenvalue weighted by Crippen LogP contribution is -1.82. The van der Waals surface area contributed by atoms with Crippen molar-refractivity contribution in [2.75, 3.05) is 0 Å². The van der Waals surface area contributed by atoms with Gasteiger partial charge in [-0.3, -0.25) is 0 Å². The number of hydrogen-bond acceptors (Lipinski definition) is 1. The normalized spacial score (nSPS) is 9.67. The van der Waals surface area contributed by atoms with Gasteiger partial charge in [0.05, 0.1) is 4.47 Å². The summed E-state index contributed by atoms with van der Waals surface area (Å²) in [5.74, 6) is -0.496. The molecule has 0 atom stereocenters. The smallest absolute Gasteiger partial charge is 0.212 e. The van der Waals surface area contributed by atoms with E-state index in [1.807, 2.05) is 0 Å². The van der Waals surface area contributed by atoms with Crippen molar-refractivity contribution in [3.63, 3.8) is 0 Å². The minimum absolute atomic E-state index is 0.380. The summed E-state index contributed by atoms with van der Waals surface area (Å²) < 4.78 is 13.3. The molecule has 4 heteroatoms. The second kappa shape index (κ2) is 2.75. The van der Waals surface area contributed by atoms with E-state index in [1.54, 1.807) is 12.1 Å². The van der Waals surface area contributed by atoms with Crippen LogP contribution in [0, 0.1) is 5.95 Å². The van der Waals surface area contributed by atoms with Crippen molar-refractivity contribution in [1.82, 2.24) is 4.98 Å². The van der Waals surface area contributed by atoms with Gasteiger partial charge in [0.25, 0.3) is 0 Å². The lowest BCUT2D eigenvalue weighted by Gasteiger charge is -1.90. The summed E-state index contributed by atoms with van der Waals surface area (Å²) in [6.07, 6.45) is 0. The van der Waals surface area contributed by atoms with Gasteiger partial charge < -0.3 is 0 Å². The molecule has 0 radical (unpaired) electrons. The monoisotopic (exact) mass is 253 g/mol. The number of rotatable bonds is 0. The highest BCUT2D eigenvalue weighted by Crippen LogP contribution is 2.15. The Morgan fingerprint density at radius 1 is 1.33 bits per heavy atom. The van der Waals surface area contributed by atoms with Crippen molar-refractivity contribution < 1.29 is 4.39 Å². The number of nitrogens with zero attached hydrogens (tertiary/aromatic N) is 1. The molecule has 0 aromatic carbocycles. The number of halogens is 3. The molecule has 1 aromatic rings. The third-order valence-electron chi connectivity index (χ3n) is 0.769. The second-order valence-electron chi connectivity index (χ2n) is 1.41. The minimum atomic E-state index is -0.496. The maximum Gasteiger partial charge on any atom is 0.228 e. The Morgan fingerprint density at radius 2 is 2.00 bits per heavy atom. The lowest BCUT2D eigenvalue weighted by atomic mass is 10.5. The first-order valence-corrected chi connectivity index (χ1v) is 3.76. The highest BCUT2D eigenvalue weighted by molar-refractivity contribution is 9.11. The molecule has 0 aliphatic carbocycles. The molecule has 1 nitrogen and oxygen atoms in total. The van der Waals surface area contributed by atoms with Crippen molar-refractivity contribution in [3.8, 4) is 0 Å². The Morgan fingerprint density at radius 3 is 2.44 bits per heavy atom. The van der Waals surface area contributed by atoms with Crippen LogP contribution in [0.4, 0.5) is 4.39 Å². The highest BCUT2D eigenvalue weighted by atomic mass is 79.9. The Labute approximate surface area is 68.6 Å². The molecule has 0 aliphatic heterocycles. The van der Waals surface area contributed by atoms with Crippen LogP contribution in [0.5, 0.6) is 0 Å². The van der Waals surface area contributed by atoms with Crippen LogP contribution < -0.4 is 0 Å². The molecule has 0 aliphatic rings. The Bertz CT molecular complexity index is 226. The fourth-order valence-electron chi connectivity index (χ4n) is 0.395. The van der Waals surface area contributed by atoms with E-state index in [0.29, 0.717) is 9.08 Å². The zero-order chi connectivity index (χ0) is 6.85. The Hall–Kier alpha value is 0.0400. The van der Waals surface area contributed by atoms with Gasteiger partial charge in [-0.15, -0.1) is 0 Å². The standard InChI is InChI=1S/C5H2Br2FN/c6-3-1-2-4(7)9-5(3)8/h1-2H. The quantitative estimate of drug-likeness (QED) is 0.649. The van der Waals surface area contributed by atoms with Gasteiger partial charge in [0, 0.05) is 0 Å². The average Bonchev–Trinajstić information content (AvgIpc) is 1.80. The first-order chi connectivity index (χ1) is 4.20. The van der Waals surface area contributed by atoms with Gasteiger partial charge >= 0.3 is 0 Å². The second-order valence-corrected chi connectivity index (χ2v) is 3.07. The van der Waals surface area contributed by atoms with Gasteiger partial charge in [-0.25, -0.2) is 4.98 Å².